The molecule has 1 aliphatic heterocycles. The van der Waals surface area contributed by atoms with Crippen LogP contribution < -0.4 is 10.6 Å². The first-order chi connectivity index (χ1) is 10.9. The van der Waals surface area contributed by atoms with Crippen molar-refractivity contribution >= 4 is 17.3 Å². The molecule has 22 heavy (non-hydrogen) atoms. The SMILES string of the molecule is CCNC(=NCCN1CCCCCC1)NCCc1cccs1. The minimum absolute atomic E-state index is 0.883. The number of nitrogens with one attached hydrogen (secondary N) is 2. The highest BCUT2D eigenvalue weighted by Crippen LogP contribution is 2.09. The Morgan fingerprint density at radius 1 is 1.23 bits per heavy atom. The van der Waals surface area contributed by atoms with Gasteiger partial charge in [0.05, 0.1) is 6.54 Å². The summed E-state index contributed by atoms with van der Waals surface area (Å²) in [5.41, 5.74) is 0. The zero-order valence-electron chi connectivity index (χ0n) is 13.8. The molecule has 2 N–H and O–H groups in total. The Hall–Kier alpha value is -1.07. The highest BCUT2D eigenvalue weighted by Gasteiger charge is 2.08. The van der Waals surface area contributed by atoms with E-state index in [0.29, 0.717) is 0 Å². The van der Waals surface area contributed by atoms with Gasteiger partial charge in [0.25, 0.3) is 0 Å². The number of likely N-dealkylation sites (tertiary alicyclic amines) is 1. The van der Waals surface area contributed by atoms with Crippen molar-refractivity contribution in [1.82, 2.24) is 15.5 Å². The van der Waals surface area contributed by atoms with Crippen molar-refractivity contribution in [3.8, 4) is 0 Å². The minimum atomic E-state index is 0.883. The lowest BCUT2D eigenvalue weighted by atomic mass is 10.2. The van der Waals surface area contributed by atoms with Crippen molar-refractivity contribution in [2.45, 2.75) is 39.0 Å². The fourth-order valence-electron chi connectivity index (χ4n) is 2.76. The van der Waals surface area contributed by atoms with Crippen LogP contribution in [0.15, 0.2) is 22.5 Å². The van der Waals surface area contributed by atoms with Crippen LogP contribution >= 0.6 is 11.3 Å². The molecule has 2 rings (SSSR count). The second kappa shape index (κ2) is 10.6. The van der Waals surface area contributed by atoms with Crippen LogP contribution in [-0.2, 0) is 6.42 Å². The largest absolute Gasteiger partial charge is 0.357 e. The number of hydrogen-bond acceptors (Lipinski definition) is 3. The Morgan fingerprint density at radius 3 is 2.73 bits per heavy atom. The van der Waals surface area contributed by atoms with Crippen molar-refractivity contribution in [2.24, 2.45) is 4.99 Å². The maximum atomic E-state index is 4.71. The Labute approximate surface area is 139 Å². The third kappa shape index (κ3) is 6.79. The molecule has 1 aromatic rings. The van der Waals surface area contributed by atoms with Gasteiger partial charge in [-0.05, 0) is 50.7 Å². The summed E-state index contributed by atoms with van der Waals surface area (Å²) in [6.07, 6.45) is 6.55. The predicted octanol–water partition coefficient (Wildman–Crippen LogP) is 2.72. The molecule has 2 heterocycles. The lowest BCUT2D eigenvalue weighted by Gasteiger charge is -2.18. The minimum Gasteiger partial charge on any atom is -0.357 e. The fourth-order valence-corrected chi connectivity index (χ4v) is 3.47. The van der Waals surface area contributed by atoms with Crippen LogP contribution in [-0.4, -0.2) is 50.1 Å². The number of nitrogens with zero attached hydrogens (tertiary/aromatic N) is 2. The highest BCUT2D eigenvalue weighted by atomic mass is 32.1. The number of hydrogen-bond donors (Lipinski definition) is 2. The van der Waals surface area contributed by atoms with E-state index >= 15 is 0 Å². The van der Waals surface area contributed by atoms with Crippen molar-refractivity contribution in [1.29, 1.82) is 0 Å². The molecule has 0 aromatic carbocycles. The molecule has 0 amide bonds. The monoisotopic (exact) mass is 322 g/mol. The highest BCUT2D eigenvalue weighted by molar-refractivity contribution is 7.09. The Morgan fingerprint density at radius 2 is 2.05 bits per heavy atom. The number of rotatable bonds is 7. The summed E-state index contributed by atoms with van der Waals surface area (Å²) in [6.45, 7) is 8.43. The second-order valence-electron chi connectivity index (χ2n) is 5.77. The van der Waals surface area contributed by atoms with E-state index < -0.39 is 0 Å². The molecule has 1 aliphatic rings. The molecule has 1 fully saturated rings. The number of aliphatic imine (C=N–C) groups is 1. The van der Waals surface area contributed by atoms with Gasteiger partial charge in [0.2, 0.25) is 0 Å². The van der Waals surface area contributed by atoms with E-state index in [1.165, 1.54) is 43.6 Å². The van der Waals surface area contributed by atoms with Crippen molar-refractivity contribution in [3.63, 3.8) is 0 Å². The average Bonchev–Trinajstić information content (AvgIpc) is 2.90. The second-order valence-corrected chi connectivity index (χ2v) is 6.80. The molecule has 5 heteroatoms. The molecule has 4 nitrogen and oxygen atoms in total. The molecular weight excluding hydrogens is 292 g/mol. The third-order valence-corrected chi connectivity index (χ3v) is 4.91. The first kappa shape index (κ1) is 17.3. The Bertz CT molecular complexity index is 408. The summed E-state index contributed by atoms with van der Waals surface area (Å²) in [4.78, 5) is 8.70. The molecule has 0 unspecified atom stereocenters. The van der Waals surface area contributed by atoms with Gasteiger partial charge >= 0.3 is 0 Å². The van der Waals surface area contributed by atoms with Crippen LogP contribution in [0.2, 0.25) is 0 Å². The van der Waals surface area contributed by atoms with E-state index in [0.717, 1.165) is 38.6 Å². The summed E-state index contributed by atoms with van der Waals surface area (Å²) in [5, 5.41) is 8.91. The summed E-state index contributed by atoms with van der Waals surface area (Å²) in [6, 6.07) is 4.30. The number of thiophene rings is 1. The fraction of sp³-hybridized carbons (Fsp3) is 0.706. The summed E-state index contributed by atoms with van der Waals surface area (Å²) >= 11 is 1.82. The normalized spacial score (nSPS) is 17.2. The van der Waals surface area contributed by atoms with Gasteiger partial charge in [-0.1, -0.05) is 18.9 Å². The van der Waals surface area contributed by atoms with Crippen molar-refractivity contribution < 1.29 is 0 Å². The van der Waals surface area contributed by atoms with Crippen molar-refractivity contribution in [3.05, 3.63) is 22.4 Å². The molecule has 0 atom stereocenters. The molecular formula is C17H30N4S. The number of guanidine groups is 1. The lowest BCUT2D eigenvalue weighted by Crippen LogP contribution is -2.39. The maximum Gasteiger partial charge on any atom is 0.191 e. The van der Waals surface area contributed by atoms with Crippen molar-refractivity contribution in [2.75, 3.05) is 39.3 Å². The molecule has 1 saturated heterocycles. The van der Waals surface area contributed by atoms with E-state index in [-0.39, 0.29) is 0 Å². The standard InChI is InChI=1S/C17H30N4S/c1-2-18-17(19-10-9-16-8-7-15-22-16)20-11-14-21-12-5-3-4-6-13-21/h7-8,15H,2-6,9-14H2,1H3,(H2,18,19,20). The van der Waals surface area contributed by atoms with E-state index in [1.807, 2.05) is 11.3 Å². The first-order valence-electron chi connectivity index (χ1n) is 8.65. The van der Waals surface area contributed by atoms with Crippen LogP contribution in [0.3, 0.4) is 0 Å². The van der Waals surface area contributed by atoms with Crippen LogP contribution in [0, 0.1) is 0 Å². The molecule has 0 bridgehead atoms. The van der Waals surface area contributed by atoms with Gasteiger partial charge < -0.3 is 15.5 Å². The van der Waals surface area contributed by atoms with Gasteiger partial charge in [0, 0.05) is 24.5 Å². The Balaban J connectivity index is 1.69. The van der Waals surface area contributed by atoms with E-state index in [2.05, 4.69) is 40.0 Å². The van der Waals surface area contributed by atoms with Gasteiger partial charge in [0.1, 0.15) is 0 Å². The van der Waals surface area contributed by atoms with Gasteiger partial charge in [-0.25, -0.2) is 0 Å². The maximum absolute atomic E-state index is 4.71. The quantitative estimate of drug-likeness (QED) is 0.599. The zero-order chi connectivity index (χ0) is 15.5. The van der Waals surface area contributed by atoms with Crippen LogP contribution in [0.1, 0.15) is 37.5 Å². The summed E-state index contributed by atoms with van der Waals surface area (Å²) in [5.74, 6) is 0.953. The van der Waals surface area contributed by atoms with Crippen LogP contribution in [0.25, 0.3) is 0 Å². The van der Waals surface area contributed by atoms with Gasteiger partial charge in [-0.2, -0.15) is 0 Å². The summed E-state index contributed by atoms with van der Waals surface area (Å²) < 4.78 is 0. The first-order valence-corrected chi connectivity index (χ1v) is 9.53. The lowest BCUT2D eigenvalue weighted by molar-refractivity contribution is 0.293. The van der Waals surface area contributed by atoms with Crippen LogP contribution in [0.5, 0.6) is 0 Å². The van der Waals surface area contributed by atoms with Gasteiger partial charge in [-0.15, -0.1) is 11.3 Å². The van der Waals surface area contributed by atoms with E-state index in [4.69, 9.17) is 4.99 Å². The molecule has 0 aliphatic carbocycles. The van der Waals surface area contributed by atoms with Gasteiger partial charge in [0.15, 0.2) is 5.96 Å². The van der Waals surface area contributed by atoms with Gasteiger partial charge in [-0.3, -0.25) is 4.99 Å². The van der Waals surface area contributed by atoms with Crippen LogP contribution in [0.4, 0.5) is 0 Å². The topological polar surface area (TPSA) is 39.7 Å². The molecule has 1 aromatic heterocycles. The van der Waals surface area contributed by atoms with E-state index in [1.54, 1.807) is 0 Å². The molecule has 0 radical (unpaired) electrons. The predicted molar refractivity (Wildman–Crippen MR) is 96.9 cm³/mol. The van der Waals surface area contributed by atoms with E-state index in [9.17, 15) is 0 Å². The summed E-state index contributed by atoms with van der Waals surface area (Å²) in [7, 11) is 0. The average molecular weight is 323 g/mol. The zero-order valence-corrected chi connectivity index (χ0v) is 14.6. The third-order valence-electron chi connectivity index (χ3n) is 3.97. The molecule has 124 valence electrons. The molecule has 0 saturated carbocycles. The Kier molecular flexibility index (Phi) is 8.35. The molecule has 0 spiro atoms. The smallest absolute Gasteiger partial charge is 0.191 e.